The second kappa shape index (κ2) is 9.47. The van der Waals surface area contributed by atoms with Gasteiger partial charge in [-0.1, -0.05) is 20.8 Å². The topological polar surface area (TPSA) is 98.1 Å². The fourth-order valence-electron chi connectivity index (χ4n) is 3.63. The average Bonchev–Trinajstić information content (AvgIpc) is 3.24. The Bertz CT molecular complexity index is 993. The molecule has 1 saturated heterocycles. The summed E-state index contributed by atoms with van der Waals surface area (Å²) in [7, 11) is 0. The van der Waals surface area contributed by atoms with Crippen LogP contribution in [-0.4, -0.2) is 41.3 Å². The lowest BCUT2D eigenvalue weighted by atomic mass is 9.86. The summed E-state index contributed by atoms with van der Waals surface area (Å²) in [6.07, 6.45) is 1.62. The van der Waals surface area contributed by atoms with Crippen LogP contribution in [0.4, 0.5) is 10.1 Å². The maximum atomic E-state index is 12.9. The summed E-state index contributed by atoms with van der Waals surface area (Å²) in [6.45, 7) is 11.6. The van der Waals surface area contributed by atoms with E-state index >= 15 is 0 Å². The van der Waals surface area contributed by atoms with Crippen LogP contribution < -0.4 is 10.6 Å². The fourth-order valence-corrected chi connectivity index (χ4v) is 5.60. The Balaban J connectivity index is 1.59. The molecule has 2 aromatic heterocycles. The lowest BCUT2D eigenvalue weighted by Gasteiger charge is -2.31. The maximum absolute atomic E-state index is 12.9. The monoisotopic (exact) mass is 459 g/mol. The van der Waals surface area contributed by atoms with Crippen molar-refractivity contribution in [2.75, 3.05) is 30.3 Å². The number of anilines is 2. The number of hydrogen-bond donors (Lipinski definition) is 2. The van der Waals surface area contributed by atoms with E-state index in [0.29, 0.717) is 22.2 Å². The number of carbonyl (C=O) groups is 2. The first-order valence-corrected chi connectivity index (χ1v) is 12.1. The van der Waals surface area contributed by atoms with Gasteiger partial charge in [0, 0.05) is 11.4 Å². The van der Waals surface area contributed by atoms with E-state index in [1.54, 1.807) is 0 Å². The molecular weight excluding hydrogens is 430 g/mol. The Morgan fingerprint density at radius 1 is 1.32 bits per heavy atom. The van der Waals surface area contributed by atoms with Gasteiger partial charge in [-0.15, -0.1) is 22.7 Å². The molecule has 166 valence electrons. The number of aromatic nitrogens is 1. The van der Waals surface area contributed by atoms with Gasteiger partial charge in [-0.2, -0.15) is 5.26 Å². The zero-order valence-corrected chi connectivity index (χ0v) is 20.3. The van der Waals surface area contributed by atoms with Gasteiger partial charge in [-0.25, -0.2) is 4.98 Å². The molecule has 1 aliphatic rings. The smallest absolute Gasteiger partial charge is 0.240 e. The molecule has 0 spiro atoms. The molecule has 3 rings (SSSR count). The van der Waals surface area contributed by atoms with Gasteiger partial charge in [0.25, 0.3) is 0 Å². The Morgan fingerprint density at radius 2 is 2.06 bits per heavy atom. The third-order valence-electron chi connectivity index (χ3n) is 5.47. The number of carbonyl (C=O) groups excluding carboxylic acids is 2. The van der Waals surface area contributed by atoms with Gasteiger partial charge in [-0.3, -0.25) is 14.5 Å². The number of nitriles is 1. The zero-order chi connectivity index (χ0) is 22.8. The van der Waals surface area contributed by atoms with E-state index < -0.39 is 0 Å². The number of thiophene rings is 1. The van der Waals surface area contributed by atoms with Crippen LogP contribution in [0.2, 0.25) is 0 Å². The van der Waals surface area contributed by atoms with Crippen molar-refractivity contribution in [3.63, 3.8) is 0 Å². The first-order chi connectivity index (χ1) is 14.6. The third kappa shape index (κ3) is 5.70. The van der Waals surface area contributed by atoms with Gasteiger partial charge >= 0.3 is 0 Å². The molecule has 0 saturated carbocycles. The van der Waals surface area contributed by atoms with E-state index in [2.05, 4.69) is 42.5 Å². The van der Waals surface area contributed by atoms with Crippen LogP contribution >= 0.6 is 22.7 Å². The molecule has 2 N–H and O–H groups in total. The van der Waals surface area contributed by atoms with E-state index in [4.69, 9.17) is 0 Å². The number of aryl methyl sites for hydroxylation is 2. The van der Waals surface area contributed by atoms with Crippen LogP contribution in [-0.2, 0) is 15.0 Å². The van der Waals surface area contributed by atoms with Crippen LogP contribution in [0.15, 0.2) is 5.38 Å². The SMILES string of the molecule is Cc1nc(NC(=O)CN2CCCC(C(=O)Nc3scc(C(C)(C)C)c3C#N)C2)sc1C. The zero-order valence-electron chi connectivity index (χ0n) is 18.7. The minimum Gasteiger partial charge on any atom is -0.316 e. The average molecular weight is 460 g/mol. The molecule has 1 aliphatic heterocycles. The number of thiazole rings is 1. The van der Waals surface area contributed by atoms with Gasteiger partial charge < -0.3 is 10.6 Å². The number of nitrogens with zero attached hydrogens (tertiary/aromatic N) is 3. The summed E-state index contributed by atoms with van der Waals surface area (Å²) in [5.74, 6) is -0.414. The van der Waals surface area contributed by atoms with Crippen LogP contribution in [0.5, 0.6) is 0 Å². The number of piperidine rings is 1. The highest BCUT2D eigenvalue weighted by molar-refractivity contribution is 7.15. The fraction of sp³-hybridized carbons (Fsp3) is 0.545. The molecule has 7 nitrogen and oxygen atoms in total. The van der Waals surface area contributed by atoms with Crippen molar-refractivity contribution in [2.45, 2.75) is 52.9 Å². The molecular formula is C22H29N5O2S2. The number of nitrogens with one attached hydrogen (secondary N) is 2. The lowest BCUT2D eigenvalue weighted by Crippen LogP contribution is -2.44. The number of likely N-dealkylation sites (tertiary alicyclic amines) is 1. The van der Waals surface area contributed by atoms with Crippen molar-refractivity contribution in [2.24, 2.45) is 5.92 Å². The highest BCUT2D eigenvalue weighted by Gasteiger charge is 2.29. The first kappa shape index (κ1) is 23.4. The molecule has 2 amide bonds. The van der Waals surface area contributed by atoms with Crippen molar-refractivity contribution in [1.29, 1.82) is 5.26 Å². The van der Waals surface area contributed by atoms with Crippen LogP contribution in [0.25, 0.3) is 0 Å². The second-order valence-corrected chi connectivity index (χ2v) is 11.1. The summed E-state index contributed by atoms with van der Waals surface area (Å²) in [6, 6.07) is 2.25. The summed E-state index contributed by atoms with van der Waals surface area (Å²) in [5.41, 5.74) is 2.26. The predicted octanol–water partition coefficient (Wildman–Crippen LogP) is 4.28. The van der Waals surface area contributed by atoms with Gasteiger partial charge in [0.1, 0.15) is 11.1 Å². The van der Waals surface area contributed by atoms with Gasteiger partial charge in [-0.05, 0) is 49.6 Å². The molecule has 0 aliphatic carbocycles. The molecule has 1 unspecified atom stereocenters. The molecule has 0 bridgehead atoms. The summed E-state index contributed by atoms with van der Waals surface area (Å²) < 4.78 is 0. The van der Waals surface area contributed by atoms with Crippen molar-refractivity contribution in [3.8, 4) is 6.07 Å². The summed E-state index contributed by atoms with van der Waals surface area (Å²) >= 11 is 2.87. The number of rotatable bonds is 5. The van der Waals surface area contributed by atoms with Crippen LogP contribution in [0.3, 0.4) is 0 Å². The molecule has 1 fully saturated rings. The van der Waals surface area contributed by atoms with Crippen molar-refractivity contribution in [3.05, 3.63) is 27.1 Å². The highest BCUT2D eigenvalue weighted by Crippen LogP contribution is 2.36. The molecule has 0 aromatic carbocycles. The minimum absolute atomic E-state index is 0.0879. The summed E-state index contributed by atoms with van der Waals surface area (Å²) in [4.78, 5) is 32.8. The summed E-state index contributed by atoms with van der Waals surface area (Å²) in [5, 5.41) is 18.6. The Morgan fingerprint density at radius 3 is 2.68 bits per heavy atom. The van der Waals surface area contributed by atoms with E-state index in [9.17, 15) is 14.9 Å². The molecule has 3 heterocycles. The molecule has 2 aromatic rings. The van der Waals surface area contributed by atoms with E-state index in [0.717, 1.165) is 35.5 Å². The van der Waals surface area contributed by atoms with Crippen molar-refractivity contribution in [1.82, 2.24) is 9.88 Å². The second-order valence-electron chi connectivity index (χ2n) is 8.99. The number of amides is 2. The lowest BCUT2D eigenvalue weighted by molar-refractivity contribution is -0.123. The Hall–Kier alpha value is -2.28. The number of hydrogen-bond acceptors (Lipinski definition) is 7. The largest absolute Gasteiger partial charge is 0.316 e. The predicted molar refractivity (Wildman–Crippen MR) is 126 cm³/mol. The normalized spacial score (nSPS) is 17.2. The quantitative estimate of drug-likeness (QED) is 0.695. The standard InChI is InChI=1S/C22H29N5O2S2/c1-13-14(2)31-21(24-13)25-18(28)11-27-8-6-7-15(10-27)19(29)26-20-16(9-23)17(12-30-20)22(3,4)5/h12,15H,6-8,10-11H2,1-5H3,(H,26,29)(H,24,25,28). The van der Waals surface area contributed by atoms with E-state index in [1.165, 1.54) is 22.7 Å². The van der Waals surface area contributed by atoms with Gasteiger partial charge in [0.2, 0.25) is 11.8 Å². The Kier molecular flexibility index (Phi) is 7.14. The van der Waals surface area contributed by atoms with Gasteiger partial charge in [0.15, 0.2) is 5.13 Å². The van der Waals surface area contributed by atoms with Crippen molar-refractivity contribution < 1.29 is 9.59 Å². The molecule has 0 radical (unpaired) electrons. The van der Waals surface area contributed by atoms with Crippen molar-refractivity contribution >= 4 is 44.6 Å². The van der Waals surface area contributed by atoms with E-state index in [1.807, 2.05) is 24.1 Å². The Labute approximate surface area is 191 Å². The van der Waals surface area contributed by atoms with E-state index in [-0.39, 0.29) is 29.7 Å². The first-order valence-electron chi connectivity index (χ1n) is 10.4. The molecule has 1 atom stereocenters. The van der Waals surface area contributed by atoms with Crippen LogP contribution in [0, 0.1) is 31.1 Å². The molecule has 31 heavy (non-hydrogen) atoms. The third-order valence-corrected chi connectivity index (χ3v) is 7.35. The highest BCUT2D eigenvalue weighted by atomic mass is 32.1. The van der Waals surface area contributed by atoms with Crippen LogP contribution in [0.1, 0.15) is 55.3 Å². The minimum atomic E-state index is -0.211. The van der Waals surface area contributed by atoms with Gasteiger partial charge in [0.05, 0.1) is 23.7 Å². The molecule has 9 heteroatoms. The maximum Gasteiger partial charge on any atom is 0.240 e.